The first kappa shape index (κ1) is 16.1. The van der Waals surface area contributed by atoms with Crippen molar-refractivity contribution in [3.63, 3.8) is 0 Å². The quantitative estimate of drug-likeness (QED) is 0.541. The topological polar surface area (TPSA) is 64.3 Å². The van der Waals surface area contributed by atoms with Crippen LogP contribution in [-0.4, -0.2) is 13.0 Å². The molecule has 0 radical (unpaired) electrons. The zero-order chi connectivity index (χ0) is 15.4. The Kier molecular flexibility index (Phi) is 5.46. The Morgan fingerprint density at radius 2 is 2.10 bits per heavy atom. The van der Waals surface area contributed by atoms with Gasteiger partial charge < -0.3 is 15.8 Å². The number of hydrogen-bond donors (Lipinski definition) is 2. The first-order valence-corrected chi connectivity index (χ1v) is 8.04. The summed E-state index contributed by atoms with van der Waals surface area (Å²) in [5.74, 6) is 0.500. The summed E-state index contributed by atoms with van der Waals surface area (Å²) < 4.78 is 6.89. The molecular weight excluding hydrogens is 447 g/mol. The molecule has 1 amide bonds. The summed E-state index contributed by atoms with van der Waals surface area (Å²) in [7, 11) is 1.57. The molecule has 21 heavy (non-hydrogen) atoms. The van der Waals surface area contributed by atoms with Crippen LogP contribution in [0.15, 0.2) is 40.9 Å². The van der Waals surface area contributed by atoms with Crippen LogP contribution in [0.1, 0.15) is 15.9 Å². The Morgan fingerprint density at radius 3 is 2.76 bits per heavy atom. The van der Waals surface area contributed by atoms with Gasteiger partial charge in [-0.15, -0.1) is 0 Å². The Balaban J connectivity index is 2.07. The zero-order valence-electron chi connectivity index (χ0n) is 11.3. The van der Waals surface area contributed by atoms with Crippen LogP contribution in [0.4, 0.5) is 5.69 Å². The summed E-state index contributed by atoms with van der Waals surface area (Å²) in [6.45, 7) is 0.408. The SMILES string of the molecule is COc1ccc(CNC(=O)c2cc(I)ccc2Br)cc1N. The molecule has 0 aromatic heterocycles. The van der Waals surface area contributed by atoms with Crippen LogP contribution in [0.5, 0.6) is 5.75 Å². The fraction of sp³-hybridized carbons (Fsp3) is 0.133. The van der Waals surface area contributed by atoms with Crippen LogP contribution in [0.25, 0.3) is 0 Å². The van der Waals surface area contributed by atoms with Crippen molar-refractivity contribution in [2.45, 2.75) is 6.54 Å². The number of nitrogens with one attached hydrogen (secondary N) is 1. The first-order chi connectivity index (χ1) is 10.0. The van der Waals surface area contributed by atoms with E-state index in [0.29, 0.717) is 23.5 Å². The Hall–Kier alpha value is -1.28. The molecule has 0 spiro atoms. The number of methoxy groups -OCH3 is 1. The first-order valence-electron chi connectivity index (χ1n) is 6.17. The third-order valence-corrected chi connectivity index (χ3v) is 4.28. The average molecular weight is 461 g/mol. The van der Waals surface area contributed by atoms with Crippen LogP contribution in [0.3, 0.4) is 0 Å². The molecule has 3 N–H and O–H groups in total. The van der Waals surface area contributed by atoms with Crippen molar-refractivity contribution in [1.82, 2.24) is 5.32 Å². The van der Waals surface area contributed by atoms with Crippen LogP contribution >= 0.6 is 38.5 Å². The average Bonchev–Trinajstić information content (AvgIpc) is 2.47. The van der Waals surface area contributed by atoms with Crippen molar-refractivity contribution < 1.29 is 9.53 Å². The van der Waals surface area contributed by atoms with Crippen LogP contribution in [-0.2, 0) is 6.54 Å². The van der Waals surface area contributed by atoms with E-state index in [1.165, 1.54) is 0 Å². The van der Waals surface area contributed by atoms with Gasteiger partial charge in [0.15, 0.2) is 0 Å². The van der Waals surface area contributed by atoms with E-state index in [1.807, 2.05) is 24.3 Å². The minimum Gasteiger partial charge on any atom is -0.495 e. The van der Waals surface area contributed by atoms with Crippen LogP contribution in [0, 0.1) is 3.57 Å². The summed E-state index contributed by atoms with van der Waals surface area (Å²) in [5.41, 5.74) is 7.94. The molecule has 0 heterocycles. The van der Waals surface area contributed by atoms with Gasteiger partial charge in [-0.2, -0.15) is 0 Å². The maximum atomic E-state index is 12.2. The van der Waals surface area contributed by atoms with E-state index in [2.05, 4.69) is 43.8 Å². The lowest BCUT2D eigenvalue weighted by atomic mass is 10.1. The Bertz CT molecular complexity index is 677. The van der Waals surface area contributed by atoms with Crippen molar-refractivity contribution in [1.29, 1.82) is 0 Å². The lowest BCUT2D eigenvalue weighted by molar-refractivity contribution is 0.0950. The molecule has 110 valence electrons. The standard InChI is InChI=1S/C15H14BrIN2O2/c1-21-14-5-2-9(6-13(14)18)8-19-15(20)11-7-10(17)3-4-12(11)16/h2-7H,8,18H2,1H3,(H,19,20). The third kappa shape index (κ3) is 4.10. The molecule has 2 aromatic rings. The predicted octanol–water partition coefficient (Wildman–Crippen LogP) is 3.57. The molecule has 0 aliphatic heterocycles. The minimum atomic E-state index is -0.130. The van der Waals surface area contributed by atoms with E-state index in [9.17, 15) is 4.79 Å². The van der Waals surface area contributed by atoms with E-state index >= 15 is 0 Å². The molecule has 0 aliphatic rings. The summed E-state index contributed by atoms with van der Waals surface area (Å²) in [6.07, 6.45) is 0. The molecule has 0 saturated carbocycles. The van der Waals surface area contributed by atoms with E-state index < -0.39 is 0 Å². The van der Waals surface area contributed by atoms with Crippen LogP contribution in [0.2, 0.25) is 0 Å². The van der Waals surface area contributed by atoms with Crippen LogP contribution < -0.4 is 15.8 Å². The van der Waals surface area contributed by atoms with Gasteiger partial charge in [0.25, 0.3) is 5.91 Å². The molecule has 6 heteroatoms. The molecule has 0 unspecified atom stereocenters. The van der Waals surface area contributed by atoms with Gasteiger partial charge in [0.1, 0.15) is 5.75 Å². The van der Waals surface area contributed by atoms with Gasteiger partial charge in [0, 0.05) is 14.6 Å². The maximum Gasteiger partial charge on any atom is 0.252 e. The number of benzene rings is 2. The number of anilines is 1. The van der Waals surface area contributed by atoms with Gasteiger partial charge in [-0.25, -0.2) is 0 Å². The Morgan fingerprint density at radius 1 is 1.33 bits per heavy atom. The number of carbonyl (C=O) groups excluding carboxylic acids is 1. The van der Waals surface area contributed by atoms with Gasteiger partial charge in [-0.05, 0) is 74.4 Å². The van der Waals surface area contributed by atoms with Crippen molar-refractivity contribution >= 4 is 50.1 Å². The number of hydrogen-bond acceptors (Lipinski definition) is 3. The summed E-state index contributed by atoms with van der Waals surface area (Å²) in [4.78, 5) is 12.2. The minimum absolute atomic E-state index is 0.130. The van der Waals surface area contributed by atoms with Crippen molar-refractivity contribution in [2.24, 2.45) is 0 Å². The molecule has 2 aromatic carbocycles. The van der Waals surface area contributed by atoms with Gasteiger partial charge in [0.2, 0.25) is 0 Å². The largest absolute Gasteiger partial charge is 0.495 e. The number of halogens is 2. The summed E-state index contributed by atoms with van der Waals surface area (Å²) >= 11 is 5.56. The summed E-state index contributed by atoms with van der Waals surface area (Å²) in [5, 5.41) is 2.88. The Labute approximate surface area is 145 Å². The highest BCUT2D eigenvalue weighted by Gasteiger charge is 2.10. The smallest absolute Gasteiger partial charge is 0.252 e. The lowest BCUT2D eigenvalue weighted by Crippen LogP contribution is -2.23. The fourth-order valence-corrected chi connectivity index (χ4v) is 2.76. The van der Waals surface area contributed by atoms with Crippen molar-refractivity contribution in [3.05, 3.63) is 55.6 Å². The van der Waals surface area contributed by atoms with Gasteiger partial charge in [-0.3, -0.25) is 4.79 Å². The summed E-state index contributed by atoms with van der Waals surface area (Å²) in [6, 6.07) is 11.1. The zero-order valence-corrected chi connectivity index (χ0v) is 15.1. The van der Waals surface area contributed by atoms with E-state index in [-0.39, 0.29) is 5.91 Å². The molecule has 0 fully saturated rings. The van der Waals surface area contributed by atoms with Gasteiger partial charge in [0.05, 0.1) is 18.4 Å². The molecule has 0 atom stereocenters. The fourth-order valence-electron chi connectivity index (χ4n) is 1.84. The number of nitrogens with two attached hydrogens (primary N) is 1. The van der Waals surface area contributed by atoms with Crippen molar-refractivity contribution in [3.8, 4) is 5.75 Å². The molecule has 0 aliphatic carbocycles. The van der Waals surface area contributed by atoms with Gasteiger partial charge in [-0.1, -0.05) is 6.07 Å². The monoisotopic (exact) mass is 460 g/mol. The molecule has 4 nitrogen and oxygen atoms in total. The maximum absolute atomic E-state index is 12.2. The highest BCUT2D eigenvalue weighted by atomic mass is 127. The number of carbonyl (C=O) groups is 1. The van der Waals surface area contributed by atoms with E-state index in [0.717, 1.165) is 13.6 Å². The molecule has 0 saturated heterocycles. The second-order valence-corrected chi connectivity index (χ2v) is 6.48. The number of amides is 1. The third-order valence-electron chi connectivity index (χ3n) is 2.92. The number of nitrogen functional groups attached to an aromatic ring is 1. The second-order valence-electron chi connectivity index (χ2n) is 4.38. The van der Waals surface area contributed by atoms with Crippen molar-refractivity contribution in [2.75, 3.05) is 12.8 Å². The highest BCUT2D eigenvalue weighted by Crippen LogP contribution is 2.22. The normalized spacial score (nSPS) is 10.2. The van der Waals surface area contributed by atoms with E-state index in [4.69, 9.17) is 10.5 Å². The second kappa shape index (κ2) is 7.13. The molecule has 0 bridgehead atoms. The van der Waals surface area contributed by atoms with Gasteiger partial charge >= 0.3 is 0 Å². The molecular formula is C15H14BrIN2O2. The number of rotatable bonds is 4. The predicted molar refractivity (Wildman–Crippen MR) is 95.4 cm³/mol. The van der Waals surface area contributed by atoms with E-state index in [1.54, 1.807) is 19.2 Å². The lowest BCUT2D eigenvalue weighted by Gasteiger charge is -2.09. The number of ether oxygens (including phenoxy) is 1. The molecule has 2 rings (SSSR count). The highest BCUT2D eigenvalue weighted by molar-refractivity contribution is 14.1.